The first-order chi connectivity index (χ1) is 9.06. The van der Waals surface area contributed by atoms with Gasteiger partial charge in [0.25, 0.3) is 5.69 Å². The van der Waals surface area contributed by atoms with Crippen LogP contribution in [0.3, 0.4) is 0 Å². The van der Waals surface area contributed by atoms with Crippen LogP contribution in [0.25, 0.3) is 0 Å². The molecule has 8 nitrogen and oxygen atoms in total. The Bertz CT molecular complexity index is 468. The van der Waals surface area contributed by atoms with Crippen LogP contribution in [0.1, 0.15) is 6.92 Å². The number of carbonyl (C=O) groups is 1. The van der Waals surface area contributed by atoms with Crippen LogP contribution in [0.5, 0.6) is 0 Å². The van der Waals surface area contributed by atoms with Gasteiger partial charge < -0.3 is 9.74 Å². The zero-order valence-electron chi connectivity index (χ0n) is 10.5. The molecule has 8 heteroatoms. The molecule has 1 fully saturated rings. The van der Waals surface area contributed by atoms with Crippen LogP contribution < -0.4 is 4.90 Å². The van der Waals surface area contributed by atoms with E-state index in [4.69, 9.17) is 4.84 Å². The van der Waals surface area contributed by atoms with E-state index in [0.717, 1.165) is 0 Å². The van der Waals surface area contributed by atoms with Crippen LogP contribution in [0.2, 0.25) is 0 Å². The van der Waals surface area contributed by atoms with Crippen LogP contribution in [0.4, 0.5) is 11.5 Å². The molecule has 0 aromatic carbocycles. The number of nitro groups is 1. The first-order valence-electron chi connectivity index (χ1n) is 5.85. The number of hydrogen-bond acceptors (Lipinski definition) is 7. The standard InChI is InChI=1S/C11H14N4O4/c1-9(16)19-14-6-4-13(5-7-14)11-3-2-10(8-12-11)15(17)18/h2-3,8H,4-7H2,1H3. The Hall–Kier alpha value is -2.22. The fourth-order valence-corrected chi connectivity index (χ4v) is 1.86. The zero-order chi connectivity index (χ0) is 13.8. The molecule has 0 atom stereocenters. The van der Waals surface area contributed by atoms with Gasteiger partial charge in [0.1, 0.15) is 12.0 Å². The van der Waals surface area contributed by atoms with Crippen molar-refractivity contribution in [2.75, 3.05) is 31.1 Å². The van der Waals surface area contributed by atoms with Gasteiger partial charge in [-0.05, 0) is 6.07 Å². The molecule has 2 rings (SSSR count). The second-order valence-corrected chi connectivity index (χ2v) is 4.13. The summed E-state index contributed by atoms with van der Waals surface area (Å²) in [5.74, 6) is 0.356. The van der Waals surface area contributed by atoms with Crippen molar-refractivity contribution in [1.29, 1.82) is 0 Å². The molecule has 1 saturated heterocycles. The molecule has 1 aliphatic rings. The number of piperazine rings is 1. The Morgan fingerprint density at radius 2 is 2.05 bits per heavy atom. The fraction of sp³-hybridized carbons (Fsp3) is 0.455. The Balaban J connectivity index is 1.94. The summed E-state index contributed by atoms with van der Waals surface area (Å²) in [6.45, 7) is 3.83. The number of hydroxylamine groups is 2. The van der Waals surface area contributed by atoms with Gasteiger partial charge in [0.2, 0.25) is 0 Å². The number of pyridine rings is 1. The molecule has 0 amide bonds. The van der Waals surface area contributed by atoms with E-state index in [1.807, 2.05) is 4.90 Å². The summed E-state index contributed by atoms with van der Waals surface area (Å²) in [5, 5.41) is 12.1. The number of carbonyl (C=O) groups excluding carboxylic acids is 1. The van der Waals surface area contributed by atoms with E-state index in [1.54, 1.807) is 11.1 Å². The highest BCUT2D eigenvalue weighted by molar-refractivity contribution is 5.65. The van der Waals surface area contributed by atoms with Gasteiger partial charge in [-0.2, -0.15) is 0 Å². The molecule has 19 heavy (non-hydrogen) atoms. The van der Waals surface area contributed by atoms with Crippen molar-refractivity contribution in [2.24, 2.45) is 0 Å². The third-order valence-electron chi connectivity index (χ3n) is 2.76. The third kappa shape index (κ3) is 3.38. The fourth-order valence-electron chi connectivity index (χ4n) is 1.86. The Morgan fingerprint density at radius 1 is 1.37 bits per heavy atom. The maximum Gasteiger partial charge on any atom is 0.322 e. The molecule has 0 N–H and O–H groups in total. The van der Waals surface area contributed by atoms with Gasteiger partial charge in [-0.25, -0.2) is 4.98 Å². The number of hydrogen-bond donors (Lipinski definition) is 0. The highest BCUT2D eigenvalue weighted by Crippen LogP contribution is 2.17. The Morgan fingerprint density at radius 3 is 2.53 bits per heavy atom. The monoisotopic (exact) mass is 266 g/mol. The lowest BCUT2D eigenvalue weighted by atomic mass is 10.3. The third-order valence-corrected chi connectivity index (χ3v) is 2.76. The summed E-state index contributed by atoms with van der Waals surface area (Å²) in [5.41, 5.74) is -0.0256. The number of nitrogens with zero attached hydrogens (tertiary/aromatic N) is 4. The molecule has 0 saturated carbocycles. The molecule has 0 bridgehead atoms. The van der Waals surface area contributed by atoms with Crippen molar-refractivity contribution >= 4 is 17.5 Å². The van der Waals surface area contributed by atoms with Crippen molar-refractivity contribution in [3.05, 3.63) is 28.4 Å². The first-order valence-corrected chi connectivity index (χ1v) is 5.85. The highest BCUT2D eigenvalue weighted by atomic mass is 16.7. The van der Waals surface area contributed by atoms with Gasteiger partial charge in [-0.3, -0.25) is 14.9 Å². The van der Waals surface area contributed by atoms with E-state index in [1.165, 1.54) is 19.2 Å². The minimum atomic E-state index is -0.477. The number of anilines is 1. The van der Waals surface area contributed by atoms with Crippen LogP contribution in [-0.2, 0) is 9.63 Å². The van der Waals surface area contributed by atoms with Gasteiger partial charge in [-0.1, -0.05) is 0 Å². The average Bonchev–Trinajstić information content (AvgIpc) is 2.39. The largest absolute Gasteiger partial charge is 0.368 e. The summed E-state index contributed by atoms with van der Waals surface area (Å²) < 4.78 is 0. The molecule has 0 radical (unpaired) electrons. The van der Waals surface area contributed by atoms with Gasteiger partial charge in [0, 0.05) is 26.1 Å². The predicted octanol–water partition coefficient (Wildman–Crippen LogP) is 0.590. The normalized spacial score (nSPS) is 16.2. The SMILES string of the molecule is CC(=O)ON1CCN(c2ccc([N+](=O)[O-])cn2)CC1. The van der Waals surface area contributed by atoms with Crippen molar-refractivity contribution in [2.45, 2.75) is 6.92 Å². The smallest absolute Gasteiger partial charge is 0.322 e. The van der Waals surface area contributed by atoms with Gasteiger partial charge in [0.05, 0.1) is 18.0 Å². The van der Waals surface area contributed by atoms with Crippen molar-refractivity contribution in [3.63, 3.8) is 0 Å². The summed E-state index contributed by atoms with van der Waals surface area (Å²) in [4.78, 5) is 31.9. The molecule has 1 aromatic rings. The lowest BCUT2D eigenvalue weighted by molar-refractivity contribution is -0.385. The van der Waals surface area contributed by atoms with E-state index in [2.05, 4.69) is 4.98 Å². The molecule has 1 aromatic heterocycles. The molecular formula is C11H14N4O4. The molecule has 1 aliphatic heterocycles. The maximum absolute atomic E-state index is 10.8. The average molecular weight is 266 g/mol. The van der Waals surface area contributed by atoms with E-state index < -0.39 is 4.92 Å². The van der Waals surface area contributed by atoms with E-state index in [9.17, 15) is 14.9 Å². The van der Waals surface area contributed by atoms with Crippen molar-refractivity contribution < 1.29 is 14.6 Å². The quantitative estimate of drug-likeness (QED) is 0.584. The summed E-state index contributed by atoms with van der Waals surface area (Å²) in [6.07, 6.45) is 1.24. The Labute approximate surface area is 109 Å². The van der Waals surface area contributed by atoms with E-state index >= 15 is 0 Å². The minimum Gasteiger partial charge on any atom is -0.368 e. The first kappa shape index (κ1) is 13.2. The lowest BCUT2D eigenvalue weighted by Gasteiger charge is -2.33. The molecular weight excluding hydrogens is 252 g/mol. The number of aromatic nitrogens is 1. The lowest BCUT2D eigenvalue weighted by Crippen LogP contribution is -2.47. The second-order valence-electron chi connectivity index (χ2n) is 4.13. The Kier molecular flexibility index (Phi) is 3.91. The van der Waals surface area contributed by atoms with Gasteiger partial charge >= 0.3 is 5.97 Å². The molecule has 0 unspecified atom stereocenters. The molecule has 0 spiro atoms. The molecule has 0 aliphatic carbocycles. The highest BCUT2D eigenvalue weighted by Gasteiger charge is 2.20. The minimum absolute atomic E-state index is 0.0256. The van der Waals surface area contributed by atoms with Gasteiger partial charge in [-0.15, -0.1) is 5.06 Å². The number of rotatable bonds is 3. The van der Waals surface area contributed by atoms with Crippen LogP contribution in [-0.4, -0.2) is 47.1 Å². The molecule has 102 valence electrons. The van der Waals surface area contributed by atoms with Crippen molar-refractivity contribution in [1.82, 2.24) is 10.0 Å². The maximum atomic E-state index is 10.8. The zero-order valence-corrected chi connectivity index (χ0v) is 10.5. The second kappa shape index (κ2) is 5.61. The predicted molar refractivity (Wildman–Crippen MR) is 66.4 cm³/mol. The summed E-state index contributed by atoms with van der Waals surface area (Å²) >= 11 is 0. The summed E-state index contributed by atoms with van der Waals surface area (Å²) in [7, 11) is 0. The van der Waals surface area contributed by atoms with E-state index in [0.29, 0.717) is 32.0 Å². The van der Waals surface area contributed by atoms with Crippen LogP contribution >= 0.6 is 0 Å². The van der Waals surface area contributed by atoms with Crippen molar-refractivity contribution in [3.8, 4) is 0 Å². The topological polar surface area (TPSA) is 88.8 Å². The summed E-state index contributed by atoms with van der Waals surface area (Å²) in [6, 6.07) is 3.06. The molecule has 2 heterocycles. The van der Waals surface area contributed by atoms with E-state index in [-0.39, 0.29) is 11.7 Å². The van der Waals surface area contributed by atoms with Crippen LogP contribution in [0.15, 0.2) is 18.3 Å². The van der Waals surface area contributed by atoms with Crippen LogP contribution in [0, 0.1) is 10.1 Å². The van der Waals surface area contributed by atoms with Gasteiger partial charge in [0.15, 0.2) is 0 Å².